The molecule has 0 spiro atoms. The van der Waals surface area contributed by atoms with Crippen LogP contribution in [-0.2, 0) is 4.79 Å². The number of anilines is 1. The number of nitrogens with one attached hydrogen (secondary N) is 1. The van der Waals surface area contributed by atoms with E-state index in [4.69, 9.17) is 11.6 Å². The van der Waals surface area contributed by atoms with E-state index in [0.29, 0.717) is 22.9 Å². The van der Waals surface area contributed by atoms with Crippen molar-refractivity contribution in [3.8, 4) is 0 Å². The number of aliphatic hydroxyl groups is 1. The molecule has 2 N–H and O–H groups in total. The Hall–Kier alpha value is -0.710. The SMILES string of the molecule is CC(O)C(C)SCCC(=O)Nc1ccccc1Cl. The molecule has 0 saturated carbocycles. The first-order valence-electron chi connectivity index (χ1n) is 5.84. The van der Waals surface area contributed by atoms with Gasteiger partial charge in [-0.15, -0.1) is 0 Å². The summed E-state index contributed by atoms with van der Waals surface area (Å²) in [5.74, 6) is 0.621. The Morgan fingerprint density at radius 2 is 2.11 bits per heavy atom. The number of thioether (sulfide) groups is 1. The van der Waals surface area contributed by atoms with Gasteiger partial charge in [-0.3, -0.25) is 4.79 Å². The van der Waals surface area contributed by atoms with E-state index in [1.165, 1.54) is 0 Å². The van der Waals surface area contributed by atoms with E-state index in [1.807, 2.05) is 19.1 Å². The fourth-order valence-electron chi connectivity index (χ4n) is 1.25. The molecule has 0 aliphatic carbocycles. The summed E-state index contributed by atoms with van der Waals surface area (Å²) in [7, 11) is 0. The molecule has 18 heavy (non-hydrogen) atoms. The first-order valence-corrected chi connectivity index (χ1v) is 7.27. The van der Waals surface area contributed by atoms with E-state index in [1.54, 1.807) is 30.8 Å². The van der Waals surface area contributed by atoms with Crippen molar-refractivity contribution in [1.82, 2.24) is 0 Å². The molecule has 2 atom stereocenters. The zero-order chi connectivity index (χ0) is 13.5. The highest BCUT2D eigenvalue weighted by molar-refractivity contribution is 7.99. The summed E-state index contributed by atoms with van der Waals surface area (Å²) >= 11 is 7.53. The van der Waals surface area contributed by atoms with Gasteiger partial charge in [0.15, 0.2) is 0 Å². The second-order valence-corrected chi connectivity index (χ2v) is 5.99. The Bertz CT molecular complexity index is 398. The predicted octanol–water partition coefficient (Wildman–Crippen LogP) is 3.17. The Kier molecular flexibility index (Phi) is 6.54. The van der Waals surface area contributed by atoms with Gasteiger partial charge in [0.2, 0.25) is 5.91 Å². The van der Waals surface area contributed by atoms with Crippen molar-refractivity contribution in [2.24, 2.45) is 0 Å². The van der Waals surface area contributed by atoms with Crippen LogP contribution in [0.2, 0.25) is 5.02 Å². The molecule has 1 rings (SSSR count). The van der Waals surface area contributed by atoms with E-state index < -0.39 is 0 Å². The van der Waals surface area contributed by atoms with Gasteiger partial charge in [-0.2, -0.15) is 11.8 Å². The van der Waals surface area contributed by atoms with Crippen molar-refractivity contribution in [1.29, 1.82) is 0 Å². The summed E-state index contributed by atoms with van der Waals surface area (Å²) in [5, 5.41) is 12.8. The van der Waals surface area contributed by atoms with E-state index in [-0.39, 0.29) is 17.3 Å². The van der Waals surface area contributed by atoms with Crippen LogP contribution >= 0.6 is 23.4 Å². The first-order chi connectivity index (χ1) is 8.50. The van der Waals surface area contributed by atoms with Gasteiger partial charge in [-0.05, 0) is 19.1 Å². The maximum Gasteiger partial charge on any atom is 0.225 e. The summed E-state index contributed by atoms with van der Waals surface area (Å²) in [4.78, 5) is 11.7. The number of halogens is 1. The molecule has 0 fully saturated rings. The molecule has 1 amide bonds. The zero-order valence-corrected chi connectivity index (χ0v) is 12.1. The van der Waals surface area contributed by atoms with Crippen LogP contribution in [0.1, 0.15) is 20.3 Å². The molecule has 0 aliphatic heterocycles. The van der Waals surface area contributed by atoms with E-state index in [2.05, 4.69) is 5.32 Å². The van der Waals surface area contributed by atoms with Crippen LogP contribution < -0.4 is 5.32 Å². The third-order valence-electron chi connectivity index (χ3n) is 2.54. The average molecular weight is 288 g/mol. The normalized spacial score (nSPS) is 14.0. The van der Waals surface area contributed by atoms with Crippen molar-refractivity contribution < 1.29 is 9.90 Å². The summed E-state index contributed by atoms with van der Waals surface area (Å²) in [6, 6.07) is 7.15. The standard InChI is InChI=1S/C13H18ClNO2S/c1-9(16)10(2)18-8-7-13(17)15-12-6-4-3-5-11(12)14/h3-6,9-10,16H,7-8H2,1-2H3,(H,15,17). The highest BCUT2D eigenvalue weighted by Crippen LogP contribution is 2.21. The largest absolute Gasteiger partial charge is 0.392 e. The molecule has 0 saturated heterocycles. The second kappa shape index (κ2) is 7.67. The van der Waals surface area contributed by atoms with Gasteiger partial charge in [0, 0.05) is 17.4 Å². The highest BCUT2D eigenvalue weighted by atomic mass is 35.5. The number of hydrogen-bond acceptors (Lipinski definition) is 3. The monoisotopic (exact) mass is 287 g/mol. The van der Waals surface area contributed by atoms with Crippen LogP contribution in [0.25, 0.3) is 0 Å². The Labute approximate surface area is 117 Å². The van der Waals surface area contributed by atoms with Crippen molar-refractivity contribution in [3.63, 3.8) is 0 Å². The number of aliphatic hydroxyl groups excluding tert-OH is 1. The molecular weight excluding hydrogens is 270 g/mol. The van der Waals surface area contributed by atoms with E-state index in [0.717, 1.165) is 0 Å². The summed E-state index contributed by atoms with van der Waals surface area (Å²) in [6.45, 7) is 3.70. The highest BCUT2D eigenvalue weighted by Gasteiger charge is 2.10. The number of hydrogen-bond donors (Lipinski definition) is 2. The number of amides is 1. The van der Waals surface area contributed by atoms with Crippen LogP contribution in [0.5, 0.6) is 0 Å². The van der Waals surface area contributed by atoms with Crippen molar-refractivity contribution in [3.05, 3.63) is 29.3 Å². The number of rotatable bonds is 6. The minimum atomic E-state index is -0.360. The number of benzene rings is 1. The minimum Gasteiger partial charge on any atom is -0.392 e. The second-order valence-electron chi connectivity index (χ2n) is 4.09. The van der Waals surface area contributed by atoms with Crippen molar-refractivity contribution in [2.45, 2.75) is 31.6 Å². The molecule has 2 unspecified atom stereocenters. The fraction of sp³-hybridized carbons (Fsp3) is 0.462. The Balaban J connectivity index is 2.33. The molecule has 0 aromatic heterocycles. The molecule has 1 aromatic rings. The lowest BCUT2D eigenvalue weighted by atomic mass is 10.3. The lowest BCUT2D eigenvalue weighted by Crippen LogP contribution is -2.18. The number of para-hydroxylation sites is 1. The van der Waals surface area contributed by atoms with Crippen molar-refractivity contribution >= 4 is 35.0 Å². The summed E-state index contributed by atoms with van der Waals surface area (Å²) < 4.78 is 0. The smallest absolute Gasteiger partial charge is 0.225 e. The third-order valence-corrected chi connectivity index (χ3v) is 4.23. The quantitative estimate of drug-likeness (QED) is 0.845. The predicted molar refractivity (Wildman–Crippen MR) is 78.3 cm³/mol. The molecular formula is C13H18ClNO2S. The maximum atomic E-state index is 11.7. The topological polar surface area (TPSA) is 49.3 Å². The van der Waals surface area contributed by atoms with Crippen LogP contribution in [0.15, 0.2) is 24.3 Å². The van der Waals surface area contributed by atoms with Crippen LogP contribution in [0.4, 0.5) is 5.69 Å². The van der Waals surface area contributed by atoms with Gasteiger partial charge < -0.3 is 10.4 Å². The minimum absolute atomic E-state index is 0.0617. The fourth-order valence-corrected chi connectivity index (χ4v) is 2.39. The van der Waals surface area contributed by atoms with E-state index >= 15 is 0 Å². The van der Waals surface area contributed by atoms with Gasteiger partial charge >= 0.3 is 0 Å². The molecule has 3 nitrogen and oxygen atoms in total. The van der Waals surface area contributed by atoms with Crippen LogP contribution in [0, 0.1) is 0 Å². The third kappa shape index (κ3) is 5.29. The lowest BCUT2D eigenvalue weighted by molar-refractivity contribution is -0.115. The Morgan fingerprint density at radius 1 is 1.44 bits per heavy atom. The van der Waals surface area contributed by atoms with Gasteiger partial charge in [0.1, 0.15) is 0 Å². The molecule has 5 heteroatoms. The summed E-state index contributed by atoms with van der Waals surface area (Å²) in [6.07, 6.45) is 0.0501. The number of carbonyl (C=O) groups excluding carboxylic acids is 1. The molecule has 100 valence electrons. The zero-order valence-electron chi connectivity index (χ0n) is 10.5. The molecule has 0 heterocycles. The lowest BCUT2D eigenvalue weighted by Gasteiger charge is -2.13. The molecule has 0 bridgehead atoms. The van der Waals surface area contributed by atoms with Gasteiger partial charge in [0.25, 0.3) is 0 Å². The van der Waals surface area contributed by atoms with Crippen LogP contribution in [0.3, 0.4) is 0 Å². The summed E-state index contributed by atoms with van der Waals surface area (Å²) in [5.41, 5.74) is 0.637. The van der Waals surface area contributed by atoms with Gasteiger partial charge in [0.05, 0.1) is 16.8 Å². The van der Waals surface area contributed by atoms with Crippen molar-refractivity contribution in [2.75, 3.05) is 11.1 Å². The first kappa shape index (κ1) is 15.3. The van der Waals surface area contributed by atoms with Gasteiger partial charge in [-0.25, -0.2) is 0 Å². The van der Waals surface area contributed by atoms with E-state index in [9.17, 15) is 9.90 Å². The maximum absolute atomic E-state index is 11.7. The molecule has 0 radical (unpaired) electrons. The average Bonchev–Trinajstić information content (AvgIpc) is 2.32. The van der Waals surface area contributed by atoms with Gasteiger partial charge in [-0.1, -0.05) is 30.7 Å². The molecule has 0 aliphatic rings. The number of carbonyl (C=O) groups is 1. The van der Waals surface area contributed by atoms with Crippen LogP contribution in [-0.4, -0.2) is 28.1 Å². The Morgan fingerprint density at radius 3 is 2.72 bits per heavy atom. The molecule has 1 aromatic carbocycles.